The van der Waals surface area contributed by atoms with E-state index in [9.17, 15) is 4.79 Å². The number of aromatic nitrogens is 4. The maximum Gasteiger partial charge on any atom is 0.251 e. The van der Waals surface area contributed by atoms with Crippen molar-refractivity contribution in [1.29, 1.82) is 0 Å². The van der Waals surface area contributed by atoms with Crippen LogP contribution in [0.2, 0.25) is 0 Å². The molecular formula is C14H19N5OS. The first-order chi connectivity index (χ1) is 10.0. The number of anilines is 1. The van der Waals surface area contributed by atoms with Gasteiger partial charge in [0.25, 0.3) is 5.56 Å². The summed E-state index contributed by atoms with van der Waals surface area (Å²) in [6, 6.07) is 1.55. The van der Waals surface area contributed by atoms with Gasteiger partial charge in [0.15, 0.2) is 5.16 Å². The van der Waals surface area contributed by atoms with Crippen molar-refractivity contribution in [1.82, 2.24) is 19.9 Å². The molecule has 6 nitrogen and oxygen atoms in total. The second kappa shape index (κ2) is 6.71. The molecule has 0 aliphatic rings. The molecular weight excluding hydrogens is 286 g/mol. The normalized spacial score (nSPS) is 10.7. The van der Waals surface area contributed by atoms with Crippen LogP contribution in [0.1, 0.15) is 30.4 Å². The van der Waals surface area contributed by atoms with Gasteiger partial charge >= 0.3 is 0 Å². The molecule has 0 spiro atoms. The largest absolute Gasteiger partial charge is 0.373 e. The van der Waals surface area contributed by atoms with Crippen molar-refractivity contribution in [2.75, 3.05) is 12.4 Å². The molecule has 0 saturated heterocycles. The van der Waals surface area contributed by atoms with Gasteiger partial charge in [0.1, 0.15) is 16.7 Å². The van der Waals surface area contributed by atoms with Crippen LogP contribution < -0.4 is 10.9 Å². The van der Waals surface area contributed by atoms with Gasteiger partial charge in [0.2, 0.25) is 0 Å². The Hall–Kier alpha value is -1.89. The van der Waals surface area contributed by atoms with Gasteiger partial charge in [-0.05, 0) is 32.0 Å². The molecule has 0 bridgehead atoms. The van der Waals surface area contributed by atoms with E-state index in [1.807, 2.05) is 20.9 Å². The molecule has 2 heterocycles. The lowest BCUT2D eigenvalue weighted by atomic mass is 10.2. The molecule has 0 atom stereocenters. The summed E-state index contributed by atoms with van der Waals surface area (Å²) in [6.45, 7) is 5.85. The highest BCUT2D eigenvalue weighted by atomic mass is 32.2. The predicted molar refractivity (Wildman–Crippen MR) is 84.0 cm³/mol. The average Bonchev–Trinajstić information content (AvgIpc) is 2.42. The van der Waals surface area contributed by atoms with Crippen molar-refractivity contribution in [2.24, 2.45) is 0 Å². The molecule has 0 unspecified atom stereocenters. The summed E-state index contributed by atoms with van der Waals surface area (Å²) in [7, 11) is 1.82. The quantitative estimate of drug-likeness (QED) is 0.651. The summed E-state index contributed by atoms with van der Waals surface area (Å²) in [6.07, 6.45) is 1.75. The third kappa shape index (κ3) is 3.81. The van der Waals surface area contributed by atoms with Gasteiger partial charge in [-0.25, -0.2) is 15.0 Å². The number of hydrogen-bond acceptors (Lipinski definition) is 6. The molecule has 2 rings (SSSR count). The van der Waals surface area contributed by atoms with Gasteiger partial charge in [-0.15, -0.1) is 0 Å². The van der Waals surface area contributed by atoms with E-state index in [-0.39, 0.29) is 5.56 Å². The van der Waals surface area contributed by atoms with Crippen molar-refractivity contribution in [2.45, 2.75) is 43.8 Å². The van der Waals surface area contributed by atoms with Gasteiger partial charge in [0.05, 0.1) is 0 Å². The van der Waals surface area contributed by atoms with Crippen molar-refractivity contribution in [3.63, 3.8) is 0 Å². The van der Waals surface area contributed by atoms with E-state index in [1.165, 1.54) is 11.8 Å². The van der Waals surface area contributed by atoms with Crippen LogP contribution in [0.5, 0.6) is 0 Å². The molecule has 0 aliphatic carbocycles. The maximum atomic E-state index is 11.7. The van der Waals surface area contributed by atoms with Crippen LogP contribution in [0, 0.1) is 13.8 Å². The Morgan fingerprint density at radius 2 is 2.05 bits per heavy atom. The zero-order valence-corrected chi connectivity index (χ0v) is 13.5. The molecule has 2 aromatic heterocycles. The summed E-state index contributed by atoms with van der Waals surface area (Å²) in [5.41, 5.74) is 1.62. The van der Waals surface area contributed by atoms with Gasteiger partial charge in [-0.3, -0.25) is 4.79 Å². The molecule has 2 N–H and O–H groups in total. The zero-order valence-electron chi connectivity index (χ0n) is 12.6. The summed E-state index contributed by atoms with van der Waals surface area (Å²) < 4.78 is 0. The third-order valence-corrected chi connectivity index (χ3v) is 3.90. The first-order valence-corrected chi connectivity index (χ1v) is 7.66. The van der Waals surface area contributed by atoms with E-state index in [0.29, 0.717) is 11.0 Å². The number of H-pyrrole nitrogens is 1. The zero-order chi connectivity index (χ0) is 15.4. The number of nitrogens with one attached hydrogen (secondary N) is 2. The highest BCUT2D eigenvalue weighted by Gasteiger charge is 2.11. The van der Waals surface area contributed by atoms with E-state index >= 15 is 0 Å². The second-order valence-corrected chi connectivity index (χ2v) is 5.67. The van der Waals surface area contributed by atoms with Crippen molar-refractivity contribution < 1.29 is 0 Å². The molecule has 2 aromatic rings. The Bertz CT molecular complexity index is 698. The molecule has 0 fully saturated rings. The number of rotatable bonds is 5. The summed E-state index contributed by atoms with van der Waals surface area (Å²) >= 11 is 1.35. The summed E-state index contributed by atoms with van der Waals surface area (Å²) in [4.78, 5) is 27.7. The fourth-order valence-corrected chi connectivity index (χ4v) is 2.88. The van der Waals surface area contributed by atoms with Crippen molar-refractivity contribution >= 4 is 17.6 Å². The first-order valence-electron chi connectivity index (χ1n) is 6.84. The Labute approximate surface area is 127 Å². The first kappa shape index (κ1) is 15.5. The average molecular weight is 305 g/mol. The molecule has 0 aliphatic heterocycles. The molecule has 0 radical (unpaired) electrons. The highest BCUT2D eigenvalue weighted by Crippen LogP contribution is 2.28. The Balaban J connectivity index is 2.38. The van der Waals surface area contributed by atoms with Crippen LogP contribution in [0.3, 0.4) is 0 Å². The molecule has 0 aromatic carbocycles. The standard InChI is InChI=1S/C14H19N5OS/c1-5-6-10-7-11(20)19-14(18-10)21-13-8(2)12(15-4)16-9(3)17-13/h7H,5-6H2,1-4H3,(H,15,16,17)(H,18,19,20). The molecule has 7 heteroatoms. The van der Waals surface area contributed by atoms with Crippen molar-refractivity contribution in [3.8, 4) is 0 Å². The minimum Gasteiger partial charge on any atom is -0.373 e. The van der Waals surface area contributed by atoms with Gasteiger partial charge in [-0.1, -0.05) is 13.3 Å². The molecule has 0 amide bonds. The van der Waals surface area contributed by atoms with Gasteiger partial charge < -0.3 is 10.3 Å². The lowest BCUT2D eigenvalue weighted by Gasteiger charge is -2.10. The highest BCUT2D eigenvalue weighted by molar-refractivity contribution is 7.99. The Morgan fingerprint density at radius 3 is 2.71 bits per heavy atom. The van der Waals surface area contributed by atoms with E-state index < -0.39 is 0 Å². The third-order valence-electron chi connectivity index (χ3n) is 2.92. The maximum absolute atomic E-state index is 11.7. The Kier molecular flexibility index (Phi) is 4.95. The summed E-state index contributed by atoms with van der Waals surface area (Å²) in [5.74, 6) is 1.47. The number of hydrogen-bond donors (Lipinski definition) is 2. The fourth-order valence-electron chi connectivity index (χ4n) is 1.95. The predicted octanol–water partition coefficient (Wildman–Crippen LogP) is 2.32. The minimum absolute atomic E-state index is 0.131. The van der Waals surface area contributed by atoms with Crippen LogP contribution in [0.4, 0.5) is 5.82 Å². The fraction of sp³-hybridized carbons (Fsp3) is 0.429. The second-order valence-electron chi connectivity index (χ2n) is 4.69. The van der Waals surface area contributed by atoms with Crippen molar-refractivity contribution in [3.05, 3.63) is 33.5 Å². The van der Waals surface area contributed by atoms with E-state index in [1.54, 1.807) is 6.07 Å². The number of nitrogens with zero attached hydrogens (tertiary/aromatic N) is 3. The van der Waals surface area contributed by atoms with Gasteiger partial charge in [0, 0.05) is 24.4 Å². The lowest BCUT2D eigenvalue weighted by Crippen LogP contribution is -2.10. The molecule has 112 valence electrons. The number of aromatic amines is 1. The topological polar surface area (TPSA) is 83.6 Å². The van der Waals surface area contributed by atoms with E-state index in [4.69, 9.17) is 0 Å². The SMILES string of the molecule is CCCc1cc(=O)[nH]c(Sc2nc(C)nc(NC)c2C)n1. The summed E-state index contributed by atoms with van der Waals surface area (Å²) in [5, 5.41) is 4.41. The smallest absolute Gasteiger partial charge is 0.251 e. The van der Waals surface area contributed by atoms with Crippen LogP contribution >= 0.6 is 11.8 Å². The number of aryl methyl sites for hydroxylation is 2. The van der Waals surface area contributed by atoms with E-state index in [0.717, 1.165) is 34.9 Å². The van der Waals surface area contributed by atoms with Crippen LogP contribution in [-0.4, -0.2) is 27.0 Å². The minimum atomic E-state index is -0.131. The lowest BCUT2D eigenvalue weighted by molar-refractivity contribution is 0.813. The van der Waals surface area contributed by atoms with Crippen LogP contribution in [0.15, 0.2) is 21.0 Å². The van der Waals surface area contributed by atoms with Crippen LogP contribution in [0.25, 0.3) is 0 Å². The monoisotopic (exact) mass is 305 g/mol. The van der Waals surface area contributed by atoms with Crippen LogP contribution in [-0.2, 0) is 6.42 Å². The van der Waals surface area contributed by atoms with E-state index in [2.05, 4.69) is 32.2 Å². The molecule has 0 saturated carbocycles. The molecule has 21 heavy (non-hydrogen) atoms. The Morgan fingerprint density at radius 1 is 1.29 bits per heavy atom. The van der Waals surface area contributed by atoms with Gasteiger partial charge in [-0.2, -0.15) is 0 Å².